The second-order valence-electron chi connectivity index (χ2n) is 5.67. The highest BCUT2D eigenvalue weighted by Crippen LogP contribution is 2.31. The molecule has 16 heavy (non-hydrogen) atoms. The molecule has 0 aromatic carbocycles. The van der Waals surface area contributed by atoms with E-state index in [9.17, 15) is 9.90 Å². The van der Waals surface area contributed by atoms with Crippen molar-refractivity contribution in [2.75, 3.05) is 13.7 Å². The number of hydrogen-bond acceptors (Lipinski definition) is 3. The number of aliphatic hydroxyl groups is 1. The van der Waals surface area contributed by atoms with Gasteiger partial charge in [-0.3, -0.25) is 4.79 Å². The Kier molecular flexibility index (Phi) is 3.97. The lowest BCUT2D eigenvalue weighted by Gasteiger charge is -2.36. The molecule has 0 aromatic heterocycles. The Bertz CT molecular complexity index is 258. The summed E-state index contributed by atoms with van der Waals surface area (Å²) >= 11 is 0. The molecular formula is C12H24N2O2. The Morgan fingerprint density at radius 1 is 1.44 bits per heavy atom. The van der Waals surface area contributed by atoms with Gasteiger partial charge in [-0.1, -0.05) is 12.8 Å². The monoisotopic (exact) mass is 228 g/mol. The van der Waals surface area contributed by atoms with E-state index in [0.29, 0.717) is 6.42 Å². The summed E-state index contributed by atoms with van der Waals surface area (Å²) in [5.74, 6) is 0.0310. The molecule has 1 rings (SSSR count). The highest BCUT2D eigenvalue weighted by Gasteiger charge is 2.35. The van der Waals surface area contributed by atoms with Crippen LogP contribution in [0.1, 0.15) is 46.0 Å². The molecule has 1 amide bonds. The Balaban J connectivity index is 2.58. The van der Waals surface area contributed by atoms with E-state index in [2.05, 4.69) is 0 Å². The predicted octanol–water partition coefficient (Wildman–Crippen LogP) is 0.877. The van der Waals surface area contributed by atoms with E-state index < -0.39 is 5.54 Å². The first-order valence-corrected chi connectivity index (χ1v) is 5.97. The van der Waals surface area contributed by atoms with Crippen LogP contribution in [0.4, 0.5) is 0 Å². The molecule has 1 aliphatic rings. The number of carbonyl (C=O) groups is 1. The number of amides is 1. The number of nitrogens with zero attached hydrogens (tertiary/aromatic N) is 1. The Hall–Kier alpha value is -0.610. The van der Waals surface area contributed by atoms with Crippen molar-refractivity contribution in [1.82, 2.24) is 4.90 Å². The summed E-state index contributed by atoms with van der Waals surface area (Å²) in [6.45, 7) is 3.66. The van der Waals surface area contributed by atoms with E-state index in [-0.39, 0.29) is 18.1 Å². The van der Waals surface area contributed by atoms with E-state index in [1.54, 1.807) is 11.9 Å². The van der Waals surface area contributed by atoms with Gasteiger partial charge >= 0.3 is 0 Å². The largest absolute Gasteiger partial charge is 0.394 e. The molecule has 0 unspecified atom stereocenters. The number of hydrogen-bond donors (Lipinski definition) is 2. The van der Waals surface area contributed by atoms with Gasteiger partial charge in [-0.05, 0) is 26.7 Å². The average molecular weight is 228 g/mol. The van der Waals surface area contributed by atoms with Gasteiger partial charge < -0.3 is 15.7 Å². The molecule has 0 aliphatic heterocycles. The van der Waals surface area contributed by atoms with Gasteiger partial charge in [0.2, 0.25) is 5.91 Å². The van der Waals surface area contributed by atoms with Crippen LogP contribution in [-0.4, -0.2) is 40.6 Å². The first-order valence-electron chi connectivity index (χ1n) is 5.97. The quantitative estimate of drug-likeness (QED) is 0.750. The van der Waals surface area contributed by atoms with E-state index in [4.69, 9.17) is 5.73 Å². The maximum absolute atomic E-state index is 12.0. The molecule has 1 aliphatic carbocycles. The van der Waals surface area contributed by atoms with Crippen LogP contribution in [0.25, 0.3) is 0 Å². The van der Waals surface area contributed by atoms with Crippen LogP contribution < -0.4 is 5.73 Å². The van der Waals surface area contributed by atoms with Crippen LogP contribution in [0.15, 0.2) is 0 Å². The minimum atomic E-state index is -0.508. The zero-order chi connectivity index (χ0) is 12.4. The van der Waals surface area contributed by atoms with Crippen LogP contribution in [0.3, 0.4) is 0 Å². The first kappa shape index (κ1) is 13.5. The topological polar surface area (TPSA) is 66.6 Å². The smallest absolute Gasteiger partial charge is 0.224 e. The lowest BCUT2D eigenvalue weighted by molar-refractivity contribution is -0.137. The second kappa shape index (κ2) is 4.72. The van der Waals surface area contributed by atoms with Gasteiger partial charge in [-0.15, -0.1) is 0 Å². The predicted molar refractivity (Wildman–Crippen MR) is 63.9 cm³/mol. The normalized spacial score (nSPS) is 19.8. The molecule has 0 atom stereocenters. The van der Waals surface area contributed by atoms with Gasteiger partial charge in [0.1, 0.15) is 0 Å². The zero-order valence-electron chi connectivity index (χ0n) is 10.6. The van der Waals surface area contributed by atoms with Crippen molar-refractivity contribution >= 4 is 5.91 Å². The molecule has 4 heteroatoms. The molecule has 0 bridgehead atoms. The summed E-state index contributed by atoms with van der Waals surface area (Å²) in [5.41, 5.74) is 5.36. The van der Waals surface area contributed by atoms with Crippen molar-refractivity contribution in [2.45, 2.75) is 57.0 Å². The van der Waals surface area contributed by atoms with Gasteiger partial charge in [0.15, 0.2) is 0 Å². The lowest BCUT2D eigenvalue weighted by Crippen LogP contribution is -2.51. The molecular weight excluding hydrogens is 204 g/mol. The summed E-state index contributed by atoms with van der Waals surface area (Å²) in [6.07, 6.45) is 4.51. The van der Waals surface area contributed by atoms with Crippen LogP contribution >= 0.6 is 0 Å². The average Bonchev–Trinajstić information content (AvgIpc) is 2.63. The molecule has 94 valence electrons. The maximum atomic E-state index is 12.0. The Morgan fingerprint density at radius 3 is 2.38 bits per heavy atom. The van der Waals surface area contributed by atoms with E-state index >= 15 is 0 Å². The minimum Gasteiger partial charge on any atom is -0.394 e. The SMILES string of the molecule is CN(C(=O)CC1(N)CCCC1)C(C)(C)CO. The van der Waals surface area contributed by atoms with Crippen LogP contribution in [0.2, 0.25) is 0 Å². The molecule has 0 radical (unpaired) electrons. The van der Waals surface area contributed by atoms with Crippen molar-refractivity contribution < 1.29 is 9.90 Å². The van der Waals surface area contributed by atoms with Crippen molar-refractivity contribution in [3.8, 4) is 0 Å². The Labute approximate surface area is 97.8 Å². The van der Waals surface area contributed by atoms with Crippen LogP contribution in [-0.2, 0) is 4.79 Å². The molecule has 0 saturated heterocycles. The lowest BCUT2D eigenvalue weighted by atomic mass is 9.93. The molecule has 4 nitrogen and oxygen atoms in total. The number of rotatable bonds is 4. The molecule has 3 N–H and O–H groups in total. The molecule has 1 fully saturated rings. The third kappa shape index (κ3) is 2.95. The number of aliphatic hydroxyl groups excluding tert-OH is 1. The van der Waals surface area contributed by atoms with Gasteiger partial charge in [-0.2, -0.15) is 0 Å². The second-order valence-corrected chi connectivity index (χ2v) is 5.67. The highest BCUT2D eigenvalue weighted by molar-refractivity contribution is 5.78. The van der Waals surface area contributed by atoms with Gasteiger partial charge in [0, 0.05) is 19.0 Å². The summed E-state index contributed by atoms with van der Waals surface area (Å²) < 4.78 is 0. The summed E-state index contributed by atoms with van der Waals surface area (Å²) in [5, 5.41) is 9.21. The number of likely N-dealkylation sites (N-methyl/N-ethyl adjacent to an activating group) is 1. The molecule has 0 spiro atoms. The van der Waals surface area contributed by atoms with Gasteiger partial charge in [0.05, 0.1) is 12.1 Å². The van der Waals surface area contributed by atoms with Crippen LogP contribution in [0, 0.1) is 0 Å². The third-order valence-electron chi connectivity index (χ3n) is 3.77. The molecule has 0 heterocycles. The van der Waals surface area contributed by atoms with Gasteiger partial charge in [-0.25, -0.2) is 0 Å². The van der Waals surface area contributed by atoms with Crippen molar-refractivity contribution in [3.05, 3.63) is 0 Å². The Morgan fingerprint density at radius 2 is 1.94 bits per heavy atom. The minimum absolute atomic E-state index is 0.0310. The van der Waals surface area contributed by atoms with Crippen molar-refractivity contribution in [1.29, 1.82) is 0 Å². The maximum Gasteiger partial charge on any atom is 0.224 e. The van der Waals surface area contributed by atoms with Gasteiger partial charge in [0.25, 0.3) is 0 Å². The molecule has 1 saturated carbocycles. The number of carbonyl (C=O) groups excluding carboxylic acids is 1. The summed E-state index contributed by atoms with van der Waals surface area (Å²) in [7, 11) is 1.73. The van der Waals surface area contributed by atoms with Crippen molar-refractivity contribution in [2.24, 2.45) is 5.73 Å². The fraction of sp³-hybridized carbons (Fsp3) is 0.917. The highest BCUT2D eigenvalue weighted by atomic mass is 16.3. The van der Waals surface area contributed by atoms with E-state index in [1.165, 1.54) is 0 Å². The fourth-order valence-electron chi connectivity index (χ4n) is 2.12. The number of nitrogens with two attached hydrogens (primary N) is 1. The standard InChI is InChI=1S/C12H24N2O2/c1-11(2,9-15)14(3)10(16)8-12(13)6-4-5-7-12/h15H,4-9,13H2,1-3H3. The first-order chi connectivity index (χ1) is 7.31. The molecule has 0 aromatic rings. The van der Waals surface area contributed by atoms with Crippen LogP contribution in [0.5, 0.6) is 0 Å². The van der Waals surface area contributed by atoms with E-state index in [1.807, 2.05) is 13.8 Å². The van der Waals surface area contributed by atoms with E-state index in [0.717, 1.165) is 25.7 Å². The van der Waals surface area contributed by atoms with Crippen molar-refractivity contribution in [3.63, 3.8) is 0 Å². The summed E-state index contributed by atoms with van der Waals surface area (Å²) in [6, 6.07) is 0. The third-order valence-corrected chi connectivity index (χ3v) is 3.77. The zero-order valence-corrected chi connectivity index (χ0v) is 10.6. The summed E-state index contributed by atoms with van der Waals surface area (Å²) in [4.78, 5) is 13.7. The fourth-order valence-corrected chi connectivity index (χ4v) is 2.12.